The van der Waals surface area contributed by atoms with Gasteiger partial charge in [0.15, 0.2) is 0 Å². The Hall–Kier alpha value is -2.57. The summed E-state index contributed by atoms with van der Waals surface area (Å²) < 4.78 is 27.1. The van der Waals surface area contributed by atoms with E-state index in [1.165, 1.54) is 37.0 Å². The van der Waals surface area contributed by atoms with Crippen molar-refractivity contribution in [1.29, 1.82) is 5.41 Å². The lowest BCUT2D eigenvalue weighted by Crippen LogP contribution is -2.40. The topological polar surface area (TPSA) is 95.3 Å². The van der Waals surface area contributed by atoms with Crippen molar-refractivity contribution in [2.75, 3.05) is 0 Å². The molecular formula is C28H31NO4S. The monoisotopic (exact) mass is 477 g/mol. The summed E-state index contributed by atoms with van der Waals surface area (Å²) >= 11 is 0. The van der Waals surface area contributed by atoms with Crippen LogP contribution >= 0.6 is 0 Å². The van der Waals surface area contributed by atoms with E-state index in [0.29, 0.717) is 11.5 Å². The highest BCUT2D eigenvalue weighted by Crippen LogP contribution is 2.50. The predicted octanol–water partition coefficient (Wildman–Crippen LogP) is 5.50. The Bertz CT molecular complexity index is 1250. The molecule has 34 heavy (non-hydrogen) atoms. The fourth-order valence-corrected chi connectivity index (χ4v) is 7.85. The van der Waals surface area contributed by atoms with Gasteiger partial charge in [0, 0.05) is 11.1 Å². The molecule has 0 bridgehead atoms. The minimum absolute atomic E-state index is 0.0577. The number of carbonyl (C=O) groups is 1. The third-order valence-electron chi connectivity index (χ3n) is 8.23. The van der Waals surface area contributed by atoms with E-state index in [0.717, 1.165) is 38.5 Å². The Kier molecular flexibility index (Phi) is 6.07. The van der Waals surface area contributed by atoms with Crippen LogP contribution in [0, 0.1) is 11.3 Å². The van der Waals surface area contributed by atoms with Crippen LogP contribution in [0.4, 0.5) is 0 Å². The van der Waals surface area contributed by atoms with Gasteiger partial charge in [-0.15, -0.1) is 0 Å². The van der Waals surface area contributed by atoms with E-state index in [-0.39, 0.29) is 32.6 Å². The number of Topliss-reactive ketones (excluding diaryl/α,β-unsaturated/α-hetero) is 1. The van der Waals surface area contributed by atoms with Gasteiger partial charge in [-0.3, -0.25) is 10.2 Å². The maximum atomic E-state index is 13.6. The van der Waals surface area contributed by atoms with Crippen LogP contribution in [0.1, 0.15) is 79.3 Å². The molecule has 2 N–H and O–H groups in total. The van der Waals surface area contributed by atoms with Gasteiger partial charge in [-0.05, 0) is 79.7 Å². The van der Waals surface area contributed by atoms with Crippen molar-refractivity contribution in [3.8, 4) is 0 Å². The summed E-state index contributed by atoms with van der Waals surface area (Å²) in [5.74, 6) is 0.0630. The summed E-state index contributed by atoms with van der Waals surface area (Å²) in [6, 6.07) is 12.1. The first-order valence-electron chi connectivity index (χ1n) is 12.3. The second-order valence-electron chi connectivity index (χ2n) is 10.0. The average Bonchev–Trinajstić information content (AvgIpc) is 2.87. The van der Waals surface area contributed by atoms with Crippen molar-refractivity contribution < 1.29 is 18.3 Å². The highest BCUT2D eigenvalue weighted by atomic mass is 32.2. The lowest BCUT2D eigenvalue weighted by atomic mass is 9.58. The van der Waals surface area contributed by atoms with Crippen molar-refractivity contribution >= 4 is 27.4 Å². The molecule has 0 atom stereocenters. The van der Waals surface area contributed by atoms with Gasteiger partial charge in [-0.1, -0.05) is 49.6 Å². The number of aliphatic hydroxyl groups excluding tert-OH is 1. The van der Waals surface area contributed by atoms with Gasteiger partial charge in [-0.2, -0.15) is 0 Å². The molecule has 2 aromatic carbocycles. The van der Waals surface area contributed by atoms with Crippen LogP contribution in [0.2, 0.25) is 0 Å². The first-order valence-corrected chi connectivity index (χ1v) is 13.8. The van der Waals surface area contributed by atoms with Crippen molar-refractivity contribution in [3.05, 3.63) is 65.2 Å². The number of carbonyl (C=O) groups excluding carboxylic acids is 1. The zero-order valence-electron chi connectivity index (χ0n) is 19.3. The molecule has 5 nitrogen and oxygen atoms in total. The van der Waals surface area contributed by atoms with Crippen LogP contribution in [-0.4, -0.2) is 31.1 Å². The summed E-state index contributed by atoms with van der Waals surface area (Å²) in [7, 11) is -3.83. The Morgan fingerprint density at radius 3 is 2.24 bits per heavy atom. The van der Waals surface area contributed by atoms with E-state index in [1.54, 1.807) is 30.3 Å². The summed E-state index contributed by atoms with van der Waals surface area (Å²) in [5, 5.41) is 17.8. The number of hydrogen-bond acceptors (Lipinski definition) is 5. The number of allylic oxidation sites excluding steroid dienone is 1. The molecule has 6 heteroatoms. The summed E-state index contributed by atoms with van der Waals surface area (Å²) in [6.45, 7) is 0. The lowest BCUT2D eigenvalue weighted by Gasteiger charge is -2.46. The number of fused-ring (bicyclic) bond motifs is 1. The Morgan fingerprint density at radius 1 is 0.882 bits per heavy atom. The Balaban J connectivity index is 1.50. The predicted molar refractivity (Wildman–Crippen MR) is 132 cm³/mol. The minimum Gasteiger partial charge on any atom is -0.393 e. The van der Waals surface area contributed by atoms with Crippen molar-refractivity contribution in [2.24, 2.45) is 5.92 Å². The van der Waals surface area contributed by atoms with E-state index < -0.39 is 15.6 Å². The van der Waals surface area contributed by atoms with Gasteiger partial charge in [0.05, 0.1) is 15.9 Å². The number of rotatable bonds is 4. The molecule has 2 saturated carbocycles. The largest absolute Gasteiger partial charge is 0.393 e. The molecular weight excluding hydrogens is 446 g/mol. The van der Waals surface area contributed by atoms with Gasteiger partial charge in [0.2, 0.25) is 15.6 Å². The van der Waals surface area contributed by atoms with Gasteiger partial charge in [-0.25, -0.2) is 8.42 Å². The number of nitrogens with one attached hydrogen (secondary N) is 1. The van der Waals surface area contributed by atoms with E-state index in [4.69, 9.17) is 5.41 Å². The smallest absolute Gasteiger partial charge is 0.211 e. The average molecular weight is 478 g/mol. The maximum Gasteiger partial charge on any atom is 0.211 e. The van der Waals surface area contributed by atoms with E-state index in [1.807, 2.05) is 12.1 Å². The molecule has 0 aromatic heterocycles. The Morgan fingerprint density at radius 2 is 1.56 bits per heavy atom. The molecule has 0 spiro atoms. The second kappa shape index (κ2) is 8.90. The molecule has 0 unspecified atom stereocenters. The third kappa shape index (κ3) is 3.87. The van der Waals surface area contributed by atoms with Crippen LogP contribution in [0.25, 0.3) is 6.08 Å². The minimum atomic E-state index is -3.83. The molecule has 5 rings (SSSR count). The van der Waals surface area contributed by atoms with Crippen LogP contribution < -0.4 is 0 Å². The number of hydrogen-bond donors (Lipinski definition) is 2. The summed E-state index contributed by atoms with van der Waals surface area (Å²) in [4.78, 5) is 12.7. The van der Waals surface area contributed by atoms with Gasteiger partial charge >= 0.3 is 0 Å². The highest BCUT2D eigenvalue weighted by molar-refractivity contribution is 7.91. The molecule has 2 aromatic rings. The molecule has 0 aliphatic heterocycles. The number of benzene rings is 2. The van der Waals surface area contributed by atoms with Crippen LogP contribution in [0.5, 0.6) is 0 Å². The SMILES string of the molecule is N=C1C=Cc2c(cccc2S(=O)(=O)c2ccc(C3(C4CCC(O)CC4)CCCCC3)cc2)C1=O. The molecule has 0 heterocycles. The number of ketones is 1. The molecule has 0 saturated heterocycles. The standard InChI is InChI=1S/C28H31NO4S/c29-25-16-15-23-24(27(25)31)5-4-6-26(23)34(32,33)22-13-9-20(10-14-22)28(17-2-1-3-18-28)19-7-11-21(30)12-8-19/h4-6,9-10,13-16,19,21,29-30H,1-3,7-8,11-12,17-18H2. The number of aliphatic hydroxyl groups is 1. The van der Waals surface area contributed by atoms with E-state index >= 15 is 0 Å². The fourth-order valence-electron chi connectivity index (χ4n) is 6.37. The van der Waals surface area contributed by atoms with E-state index in [9.17, 15) is 18.3 Å². The van der Waals surface area contributed by atoms with Crippen molar-refractivity contribution in [3.63, 3.8) is 0 Å². The maximum absolute atomic E-state index is 13.6. The molecule has 0 amide bonds. The molecule has 3 aliphatic rings. The second-order valence-corrected chi connectivity index (χ2v) is 12.0. The third-order valence-corrected chi connectivity index (χ3v) is 10.1. The fraction of sp³-hybridized carbons (Fsp3) is 0.429. The molecule has 3 aliphatic carbocycles. The summed E-state index contributed by atoms with van der Waals surface area (Å²) in [6.07, 6.45) is 12.3. The molecule has 2 fully saturated rings. The molecule has 0 radical (unpaired) electrons. The first kappa shape index (κ1) is 23.2. The van der Waals surface area contributed by atoms with Gasteiger partial charge in [0.1, 0.15) is 5.71 Å². The quantitative estimate of drug-likeness (QED) is 0.608. The zero-order valence-corrected chi connectivity index (χ0v) is 20.1. The van der Waals surface area contributed by atoms with Crippen molar-refractivity contribution in [1.82, 2.24) is 0 Å². The van der Waals surface area contributed by atoms with Crippen LogP contribution in [-0.2, 0) is 15.3 Å². The van der Waals surface area contributed by atoms with E-state index in [2.05, 4.69) is 0 Å². The summed E-state index contributed by atoms with van der Waals surface area (Å²) in [5.41, 5.74) is 1.75. The first-order chi connectivity index (χ1) is 16.3. The van der Waals surface area contributed by atoms with Crippen LogP contribution in [0.3, 0.4) is 0 Å². The van der Waals surface area contributed by atoms with Gasteiger partial charge in [0.25, 0.3) is 0 Å². The van der Waals surface area contributed by atoms with Crippen LogP contribution in [0.15, 0.2) is 58.3 Å². The highest BCUT2D eigenvalue weighted by Gasteiger charge is 2.42. The zero-order chi connectivity index (χ0) is 23.9. The van der Waals surface area contributed by atoms with Gasteiger partial charge < -0.3 is 5.11 Å². The van der Waals surface area contributed by atoms with Crippen molar-refractivity contribution in [2.45, 2.75) is 79.1 Å². The molecule has 178 valence electrons. The Labute approximate surface area is 201 Å². The lowest BCUT2D eigenvalue weighted by molar-refractivity contribution is 0.0666. The number of sulfone groups is 1. The normalized spacial score (nSPS) is 24.6.